The lowest BCUT2D eigenvalue weighted by Gasteiger charge is -2.06. The second-order valence-electron chi connectivity index (χ2n) is 3.67. The van der Waals surface area contributed by atoms with Crippen molar-refractivity contribution in [2.45, 2.75) is 6.61 Å². The van der Waals surface area contributed by atoms with E-state index in [1.165, 1.54) is 18.3 Å². The molecule has 94 valence electrons. The fourth-order valence-corrected chi connectivity index (χ4v) is 1.50. The van der Waals surface area contributed by atoms with Gasteiger partial charge in [0.2, 0.25) is 0 Å². The van der Waals surface area contributed by atoms with Crippen LogP contribution in [0.15, 0.2) is 42.6 Å². The second-order valence-corrected chi connectivity index (χ2v) is 3.67. The fourth-order valence-electron chi connectivity index (χ4n) is 1.50. The number of nitro benzene ring substituents is 1. The van der Waals surface area contributed by atoms with Gasteiger partial charge in [0, 0.05) is 17.8 Å². The Morgan fingerprint density at radius 2 is 2.21 bits per heavy atom. The number of hydrogen-bond donors (Lipinski definition) is 0. The van der Waals surface area contributed by atoms with Gasteiger partial charge in [-0.15, -0.1) is 0 Å². The Hall–Kier alpha value is -2.94. The third-order valence-electron chi connectivity index (χ3n) is 2.42. The first-order valence-electron chi connectivity index (χ1n) is 5.42. The molecule has 0 saturated heterocycles. The first-order valence-corrected chi connectivity index (χ1v) is 5.42. The number of nitro groups is 1. The monoisotopic (exact) mass is 255 g/mol. The molecule has 0 aliphatic heterocycles. The minimum Gasteiger partial charge on any atom is -0.489 e. The van der Waals surface area contributed by atoms with Gasteiger partial charge in [-0.1, -0.05) is 12.1 Å². The molecule has 2 aromatic rings. The maximum absolute atomic E-state index is 10.6. The molecule has 0 radical (unpaired) electrons. The molecule has 0 aliphatic rings. The smallest absolute Gasteiger partial charge is 0.273 e. The SMILES string of the molecule is N#Cc1ncccc1COc1cccc([N+](=O)[O-])c1. The quantitative estimate of drug-likeness (QED) is 0.618. The Labute approximate surface area is 109 Å². The molecule has 0 fully saturated rings. The van der Waals surface area contributed by atoms with Crippen molar-refractivity contribution in [1.82, 2.24) is 4.98 Å². The number of benzene rings is 1. The highest BCUT2D eigenvalue weighted by molar-refractivity contribution is 5.38. The molecule has 0 bridgehead atoms. The molecular formula is C13H9N3O3. The van der Waals surface area contributed by atoms with Crippen LogP contribution in [0, 0.1) is 21.4 Å². The average Bonchev–Trinajstić information content (AvgIpc) is 2.45. The van der Waals surface area contributed by atoms with Crippen molar-refractivity contribution in [1.29, 1.82) is 5.26 Å². The van der Waals surface area contributed by atoms with E-state index in [0.717, 1.165) is 0 Å². The zero-order valence-electron chi connectivity index (χ0n) is 9.81. The van der Waals surface area contributed by atoms with Crippen LogP contribution in [-0.4, -0.2) is 9.91 Å². The molecule has 0 unspecified atom stereocenters. The number of hydrogen-bond acceptors (Lipinski definition) is 5. The molecule has 1 aromatic carbocycles. The standard InChI is InChI=1S/C13H9N3O3/c14-8-13-10(3-2-6-15-13)9-19-12-5-1-4-11(7-12)16(17)18/h1-7H,9H2. The molecule has 6 heteroatoms. The van der Waals surface area contributed by atoms with Crippen LogP contribution < -0.4 is 4.74 Å². The molecule has 0 saturated carbocycles. The molecule has 2 rings (SSSR count). The minimum atomic E-state index is -0.488. The lowest BCUT2D eigenvalue weighted by atomic mass is 10.2. The van der Waals surface area contributed by atoms with Crippen molar-refractivity contribution in [2.75, 3.05) is 0 Å². The van der Waals surface area contributed by atoms with Crippen molar-refractivity contribution < 1.29 is 9.66 Å². The minimum absolute atomic E-state index is 0.0378. The van der Waals surface area contributed by atoms with Gasteiger partial charge in [0.15, 0.2) is 0 Å². The summed E-state index contributed by atoms with van der Waals surface area (Å²) in [4.78, 5) is 14.0. The van der Waals surface area contributed by atoms with E-state index < -0.39 is 4.92 Å². The largest absolute Gasteiger partial charge is 0.489 e. The van der Waals surface area contributed by atoms with Gasteiger partial charge in [0.1, 0.15) is 24.1 Å². The van der Waals surface area contributed by atoms with E-state index in [9.17, 15) is 10.1 Å². The fraction of sp³-hybridized carbons (Fsp3) is 0.0769. The zero-order valence-corrected chi connectivity index (χ0v) is 9.81. The summed E-state index contributed by atoms with van der Waals surface area (Å²) in [5, 5.41) is 19.5. The average molecular weight is 255 g/mol. The van der Waals surface area contributed by atoms with Crippen molar-refractivity contribution in [2.24, 2.45) is 0 Å². The van der Waals surface area contributed by atoms with Crippen LogP contribution in [0.4, 0.5) is 5.69 Å². The van der Waals surface area contributed by atoms with Gasteiger partial charge in [-0.05, 0) is 12.1 Å². The number of aromatic nitrogens is 1. The van der Waals surface area contributed by atoms with E-state index in [0.29, 0.717) is 11.3 Å². The highest BCUT2D eigenvalue weighted by Crippen LogP contribution is 2.20. The van der Waals surface area contributed by atoms with Crippen molar-refractivity contribution >= 4 is 5.69 Å². The first kappa shape index (κ1) is 12.5. The van der Waals surface area contributed by atoms with Crippen molar-refractivity contribution in [3.63, 3.8) is 0 Å². The summed E-state index contributed by atoms with van der Waals surface area (Å²) in [7, 11) is 0. The molecule has 0 atom stereocenters. The highest BCUT2D eigenvalue weighted by atomic mass is 16.6. The molecule has 19 heavy (non-hydrogen) atoms. The molecule has 1 aromatic heterocycles. The molecule has 0 aliphatic carbocycles. The molecule has 1 heterocycles. The van der Waals surface area contributed by atoms with Crippen LogP contribution in [-0.2, 0) is 6.61 Å². The third kappa shape index (κ3) is 3.04. The van der Waals surface area contributed by atoms with Gasteiger partial charge >= 0.3 is 0 Å². The normalized spacial score (nSPS) is 9.63. The molecule has 0 spiro atoms. The predicted octanol–water partition coefficient (Wildman–Crippen LogP) is 2.44. The number of rotatable bonds is 4. The maximum atomic E-state index is 10.6. The van der Waals surface area contributed by atoms with E-state index in [1.807, 2.05) is 6.07 Å². The first-order chi connectivity index (χ1) is 9.20. The molecule has 0 amide bonds. The number of nitrogens with zero attached hydrogens (tertiary/aromatic N) is 3. The van der Waals surface area contributed by atoms with Crippen molar-refractivity contribution in [3.05, 3.63) is 64.0 Å². The molecule has 0 N–H and O–H groups in total. The predicted molar refractivity (Wildman–Crippen MR) is 66.4 cm³/mol. The van der Waals surface area contributed by atoms with Crippen LogP contribution >= 0.6 is 0 Å². The van der Waals surface area contributed by atoms with Gasteiger partial charge < -0.3 is 4.74 Å². The van der Waals surface area contributed by atoms with E-state index in [-0.39, 0.29) is 18.0 Å². The Morgan fingerprint density at radius 1 is 1.37 bits per heavy atom. The van der Waals surface area contributed by atoms with E-state index in [1.54, 1.807) is 24.3 Å². The van der Waals surface area contributed by atoms with Crippen LogP contribution in [0.3, 0.4) is 0 Å². The number of pyridine rings is 1. The van der Waals surface area contributed by atoms with E-state index in [4.69, 9.17) is 10.00 Å². The summed E-state index contributed by atoms with van der Waals surface area (Å²) in [5.41, 5.74) is 0.883. The summed E-state index contributed by atoms with van der Waals surface area (Å²) in [6.45, 7) is 0.137. The Morgan fingerprint density at radius 3 is 2.95 bits per heavy atom. The van der Waals surface area contributed by atoms with Crippen LogP contribution in [0.1, 0.15) is 11.3 Å². The topological polar surface area (TPSA) is 89.0 Å². The van der Waals surface area contributed by atoms with Crippen molar-refractivity contribution in [3.8, 4) is 11.8 Å². The van der Waals surface area contributed by atoms with Gasteiger partial charge in [-0.25, -0.2) is 4.98 Å². The molecule has 6 nitrogen and oxygen atoms in total. The van der Waals surface area contributed by atoms with Gasteiger partial charge in [-0.2, -0.15) is 5.26 Å². The van der Waals surface area contributed by atoms with Crippen LogP contribution in [0.2, 0.25) is 0 Å². The number of ether oxygens (including phenoxy) is 1. The summed E-state index contributed by atoms with van der Waals surface area (Å²) in [5.74, 6) is 0.377. The summed E-state index contributed by atoms with van der Waals surface area (Å²) in [6.07, 6.45) is 1.52. The lowest BCUT2D eigenvalue weighted by Crippen LogP contribution is -2.00. The van der Waals surface area contributed by atoms with E-state index in [2.05, 4.69) is 4.98 Å². The van der Waals surface area contributed by atoms with Gasteiger partial charge in [-0.3, -0.25) is 10.1 Å². The number of nitriles is 1. The molecular weight excluding hydrogens is 246 g/mol. The van der Waals surface area contributed by atoms with Gasteiger partial charge in [0.05, 0.1) is 11.0 Å². The highest BCUT2D eigenvalue weighted by Gasteiger charge is 2.07. The summed E-state index contributed by atoms with van der Waals surface area (Å²) >= 11 is 0. The Kier molecular flexibility index (Phi) is 3.69. The Balaban J connectivity index is 2.13. The maximum Gasteiger partial charge on any atom is 0.273 e. The lowest BCUT2D eigenvalue weighted by molar-refractivity contribution is -0.384. The number of non-ortho nitro benzene ring substituents is 1. The van der Waals surface area contributed by atoms with E-state index >= 15 is 0 Å². The van der Waals surface area contributed by atoms with Gasteiger partial charge in [0.25, 0.3) is 5.69 Å². The Bertz CT molecular complexity index is 650. The third-order valence-corrected chi connectivity index (χ3v) is 2.42. The summed E-state index contributed by atoms with van der Waals surface area (Å²) in [6, 6.07) is 11.3. The van der Waals surface area contributed by atoms with Crippen LogP contribution in [0.25, 0.3) is 0 Å². The van der Waals surface area contributed by atoms with Crippen LogP contribution in [0.5, 0.6) is 5.75 Å². The summed E-state index contributed by atoms with van der Waals surface area (Å²) < 4.78 is 5.43. The second kappa shape index (κ2) is 5.60. The zero-order chi connectivity index (χ0) is 13.7.